The van der Waals surface area contributed by atoms with Crippen molar-refractivity contribution in [3.8, 4) is 11.5 Å². The molecule has 1 saturated heterocycles. The van der Waals surface area contributed by atoms with Crippen LogP contribution in [-0.4, -0.2) is 74.5 Å². The van der Waals surface area contributed by atoms with E-state index in [0.717, 1.165) is 11.3 Å². The predicted molar refractivity (Wildman–Crippen MR) is 129 cm³/mol. The Bertz CT molecular complexity index is 1060. The normalized spacial score (nSPS) is 19.9. The van der Waals surface area contributed by atoms with Gasteiger partial charge in [0, 0.05) is 24.4 Å². The van der Waals surface area contributed by atoms with Crippen LogP contribution in [0, 0.1) is 0 Å². The molecule has 1 atom stereocenters. The van der Waals surface area contributed by atoms with Crippen LogP contribution in [-0.2, 0) is 19.1 Å². The molecule has 1 fully saturated rings. The van der Waals surface area contributed by atoms with Gasteiger partial charge in [0.25, 0.3) is 0 Å². The summed E-state index contributed by atoms with van der Waals surface area (Å²) >= 11 is 1.45. The van der Waals surface area contributed by atoms with Crippen molar-refractivity contribution in [3.05, 3.63) is 46.1 Å². The van der Waals surface area contributed by atoms with E-state index in [9.17, 15) is 9.59 Å². The zero-order chi connectivity index (χ0) is 24.2. The average molecular weight is 488 g/mol. The number of nitrogens with zero attached hydrogens (tertiary/aromatic N) is 3. The Morgan fingerprint density at radius 3 is 2.59 bits per heavy atom. The molecule has 10 heteroatoms. The quantitative estimate of drug-likeness (QED) is 0.542. The standard InChI is InChI=1S/C24H29N3O6S/c1-5-17-20(23(29)32-4)21(16-7-6-8-18(30-2)22(16)31-3)27-15(14-34-24(27)25-17)13-19(28)26-9-11-33-12-10-26/h6-8,14,21H,5,9-13H2,1-4H3. The molecule has 182 valence electrons. The molecule has 0 bridgehead atoms. The van der Waals surface area contributed by atoms with E-state index in [4.69, 9.17) is 23.9 Å². The number of hydrogen-bond donors (Lipinski definition) is 0. The minimum Gasteiger partial charge on any atom is -0.493 e. The number of amides is 1. The third-order valence-electron chi connectivity index (χ3n) is 6.05. The number of carbonyl (C=O) groups is 2. The summed E-state index contributed by atoms with van der Waals surface area (Å²) < 4.78 is 21.8. The van der Waals surface area contributed by atoms with Gasteiger partial charge in [-0.15, -0.1) is 0 Å². The average Bonchev–Trinajstić information content (AvgIpc) is 3.28. The van der Waals surface area contributed by atoms with Gasteiger partial charge < -0.3 is 28.7 Å². The van der Waals surface area contributed by atoms with Crippen LogP contribution in [0.15, 0.2) is 45.6 Å². The molecule has 3 aliphatic heterocycles. The smallest absolute Gasteiger partial charge is 0.338 e. The first kappa shape index (κ1) is 24.2. The van der Waals surface area contributed by atoms with Crippen molar-refractivity contribution in [2.45, 2.75) is 25.8 Å². The van der Waals surface area contributed by atoms with E-state index in [1.165, 1.54) is 18.9 Å². The summed E-state index contributed by atoms with van der Waals surface area (Å²) in [5.41, 5.74) is 2.57. The molecule has 1 aromatic carbocycles. The topological polar surface area (TPSA) is 89.9 Å². The lowest BCUT2D eigenvalue weighted by atomic mass is 9.92. The number of thioether (sulfide) groups is 1. The van der Waals surface area contributed by atoms with Gasteiger partial charge in [-0.2, -0.15) is 0 Å². The van der Waals surface area contributed by atoms with Gasteiger partial charge in [-0.05, 0) is 17.9 Å². The van der Waals surface area contributed by atoms with Crippen LogP contribution in [0.4, 0.5) is 0 Å². The molecule has 34 heavy (non-hydrogen) atoms. The van der Waals surface area contributed by atoms with Crippen molar-refractivity contribution < 1.29 is 28.5 Å². The molecule has 0 aromatic heterocycles. The van der Waals surface area contributed by atoms with Gasteiger partial charge in [-0.3, -0.25) is 4.79 Å². The van der Waals surface area contributed by atoms with Crippen LogP contribution < -0.4 is 9.47 Å². The van der Waals surface area contributed by atoms with E-state index in [1.807, 2.05) is 34.3 Å². The number of methoxy groups -OCH3 is 3. The number of amidine groups is 1. The molecular formula is C24H29N3O6S. The molecule has 1 unspecified atom stereocenters. The fourth-order valence-corrected chi connectivity index (χ4v) is 5.35. The van der Waals surface area contributed by atoms with Crippen LogP contribution in [0.5, 0.6) is 11.5 Å². The van der Waals surface area contributed by atoms with Crippen LogP contribution in [0.25, 0.3) is 0 Å². The number of ether oxygens (including phenoxy) is 4. The van der Waals surface area contributed by atoms with Gasteiger partial charge in [0.2, 0.25) is 5.91 Å². The highest BCUT2D eigenvalue weighted by atomic mass is 32.2. The fourth-order valence-electron chi connectivity index (χ4n) is 4.41. The molecule has 1 aromatic rings. The van der Waals surface area contributed by atoms with Crippen LogP contribution in [0.3, 0.4) is 0 Å². The second-order valence-corrected chi connectivity index (χ2v) is 8.69. The number of allylic oxidation sites excluding steroid dienone is 1. The minimum atomic E-state index is -0.585. The van der Waals surface area contributed by atoms with E-state index in [2.05, 4.69) is 0 Å². The maximum Gasteiger partial charge on any atom is 0.338 e. The summed E-state index contributed by atoms with van der Waals surface area (Å²) in [5, 5.41) is 2.65. The monoisotopic (exact) mass is 487 g/mol. The Balaban J connectivity index is 1.80. The maximum atomic E-state index is 13.1. The second-order valence-electron chi connectivity index (χ2n) is 7.85. The van der Waals surface area contributed by atoms with Crippen molar-refractivity contribution >= 4 is 28.8 Å². The van der Waals surface area contributed by atoms with E-state index in [-0.39, 0.29) is 12.3 Å². The number of aliphatic imine (C=N–C) groups is 1. The van der Waals surface area contributed by atoms with Gasteiger partial charge in [-0.1, -0.05) is 30.8 Å². The number of para-hydroxylation sites is 1. The molecular weight excluding hydrogens is 458 g/mol. The van der Waals surface area contributed by atoms with Gasteiger partial charge in [-0.25, -0.2) is 9.79 Å². The number of morpholine rings is 1. The zero-order valence-electron chi connectivity index (χ0n) is 19.8. The highest BCUT2D eigenvalue weighted by Crippen LogP contribution is 2.49. The first-order chi connectivity index (χ1) is 16.5. The Labute approximate surface area is 203 Å². The van der Waals surface area contributed by atoms with Crippen molar-refractivity contribution in [1.29, 1.82) is 0 Å². The molecule has 1 amide bonds. The summed E-state index contributed by atoms with van der Waals surface area (Å²) in [5.74, 6) is 0.611. The van der Waals surface area contributed by atoms with E-state index in [1.54, 1.807) is 20.3 Å². The lowest BCUT2D eigenvalue weighted by Gasteiger charge is -2.37. The number of fused-ring (bicyclic) bond motifs is 1. The summed E-state index contributed by atoms with van der Waals surface area (Å²) in [4.78, 5) is 34.7. The lowest BCUT2D eigenvalue weighted by molar-refractivity contribution is -0.136. The van der Waals surface area contributed by atoms with Crippen LogP contribution in [0.1, 0.15) is 31.4 Å². The van der Waals surface area contributed by atoms with Gasteiger partial charge in [0.15, 0.2) is 16.7 Å². The maximum absolute atomic E-state index is 13.1. The van der Waals surface area contributed by atoms with Gasteiger partial charge >= 0.3 is 5.97 Å². The third-order valence-corrected chi connectivity index (χ3v) is 6.94. The van der Waals surface area contributed by atoms with Crippen LogP contribution in [0.2, 0.25) is 0 Å². The first-order valence-corrected chi connectivity index (χ1v) is 12.0. The van der Waals surface area contributed by atoms with Crippen molar-refractivity contribution in [3.63, 3.8) is 0 Å². The third kappa shape index (κ3) is 4.39. The summed E-state index contributed by atoms with van der Waals surface area (Å²) in [6, 6.07) is 4.97. The highest BCUT2D eigenvalue weighted by molar-refractivity contribution is 8.16. The highest BCUT2D eigenvalue weighted by Gasteiger charge is 2.43. The van der Waals surface area contributed by atoms with Crippen molar-refractivity contribution in [1.82, 2.24) is 9.80 Å². The zero-order valence-corrected chi connectivity index (χ0v) is 20.6. The van der Waals surface area contributed by atoms with Crippen molar-refractivity contribution in [2.24, 2.45) is 4.99 Å². The Morgan fingerprint density at radius 2 is 1.94 bits per heavy atom. The predicted octanol–water partition coefficient (Wildman–Crippen LogP) is 3.09. The number of carbonyl (C=O) groups excluding carboxylic acids is 2. The fraction of sp³-hybridized carbons (Fsp3) is 0.458. The SMILES string of the molecule is CCC1=C(C(=O)OC)C(c2cccc(OC)c2OC)N2C(CC(=O)N3CCOCC3)=CSC2=N1. The molecule has 0 aliphatic carbocycles. The van der Waals surface area contributed by atoms with E-state index < -0.39 is 12.0 Å². The summed E-state index contributed by atoms with van der Waals surface area (Å²) in [6.45, 7) is 4.17. The Kier molecular flexibility index (Phi) is 7.47. The summed E-state index contributed by atoms with van der Waals surface area (Å²) in [7, 11) is 4.50. The van der Waals surface area contributed by atoms with E-state index >= 15 is 0 Å². The minimum absolute atomic E-state index is 0.0117. The molecule has 0 radical (unpaired) electrons. The molecule has 3 aliphatic rings. The Morgan fingerprint density at radius 1 is 1.18 bits per heavy atom. The molecule has 0 saturated carbocycles. The first-order valence-electron chi connectivity index (χ1n) is 11.1. The molecule has 0 N–H and O–H groups in total. The van der Waals surface area contributed by atoms with Gasteiger partial charge in [0.05, 0.1) is 58.3 Å². The summed E-state index contributed by atoms with van der Waals surface area (Å²) in [6.07, 6.45) is 0.734. The van der Waals surface area contributed by atoms with Gasteiger partial charge in [0.1, 0.15) is 0 Å². The number of benzene rings is 1. The molecule has 0 spiro atoms. The molecule has 4 rings (SSSR count). The lowest BCUT2D eigenvalue weighted by Crippen LogP contribution is -2.42. The van der Waals surface area contributed by atoms with Crippen molar-refractivity contribution in [2.75, 3.05) is 47.6 Å². The molecule has 9 nitrogen and oxygen atoms in total. The largest absolute Gasteiger partial charge is 0.493 e. The second kappa shape index (κ2) is 10.5. The van der Waals surface area contributed by atoms with Crippen LogP contribution >= 0.6 is 11.8 Å². The number of hydrogen-bond acceptors (Lipinski definition) is 9. The molecule has 3 heterocycles. The number of rotatable bonds is 7. The Hall–Kier alpha value is -2.98. The number of esters is 1. The van der Waals surface area contributed by atoms with E-state index in [0.29, 0.717) is 60.7 Å².